The Labute approximate surface area is 198 Å². The van der Waals surface area contributed by atoms with Gasteiger partial charge in [-0.15, -0.1) is 0 Å². The van der Waals surface area contributed by atoms with E-state index in [1.54, 1.807) is 6.08 Å². The standard InChI is InChI=1S/C29H39NO3/c1-28-16-13-20-19-11-12-26(32)27(23-7-4-5-8-25(23)30(2)3)22(19)10-9-21(20)24(28)14-17-29(28,33)15-6-18-31/h4-8,15,19-21,24,31,33H,9-14,16-18H2,1-3H3/b15-6+/t19-,20-,21-,24+,28+,29+/m1/s1. The molecule has 4 aliphatic rings. The lowest BCUT2D eigenvalue weighted by Crippen LogP contribution is -2.52. The van der Waals surface area contributed by atoms with E-state index in [0.717, 1.165) is 61.8 Å². The van der Waals surface area contributed by atoms with Crippen LogP contribution in [0.5, 0.6) is 0 Å². The number of fused-ring (bicyclic) bond motifs is 5. The van der Waals surface area contributed by atoms with E-state index in [1.165, 1.54) is 5.57 Å². The number of nitrogens with zero attached hydrogens (tertiary/aromatic N) is 1. The Morgan fingerprint density at radius 2 is 1.85 bits per heavy atom. The highest BCUT2D eigenvalue weighted by Gasteiger charge is 2.61. The molecule has 1 aromatic carbocycles. The fourth-order valence-corrected chi connectivity index (χ4v) is 8.26. The van der Waals surface area contributed by atoms with Crippen molar-refractivity contribution in [2.45, 2.75) is 63.9 Å². The first-order valence-corrected chi connectivity index (χ1v) is 12.8. The van der Waals surface area contributed by atoms with Gasteiger partial charge in [0.15, 0.2) is 5.78 Å². The molecule has 1 aromatic rings. The van der Waals surface area contributed by atoms with E-state index < -0.39 is 5.60 Å². The largest absolute Gasteiger partial charge is 0.392 e. The van der Waals surface area contributed by atoms with Gasteiger partial charge in [0.25, 0.3) is 0 Å². The topological polar surface area (TPSA) is 60.8 Å². The second-order valence-electron chi connectivity index (χ2n) is 11.4. The number of rotatable bonds is 4. The minimum absolute atomic E-state index is 0.0173. The lowest BCUT2D eigenvalue weighted by molar-refractivity contribution is -0.115. The van der Waals surface area contributed by atoms with Crippen LogP contribution in [0.4, 0.5) is 5.69 Å². The number of carbonyl (C=O) groups excluding carboxylic acids is 1. The molecule has 5 rings (SSSR count). The molecule has 0 bridgehead atoms. The zero-order valence-corrected chi connectivity index (χ0v) is 20.4. The maximum absolute atomic E-state index is 13.3. The molecule has 0 radical (unpaired) electrons. The van der Waals surface area contributed by atoms with Crippen LogP contribution in [0.1, 0.15) is 63.9 Å². The van der Waals surface area contributed by atoms with Gasteiger partial charge in [-0.1, -0.05) is 42.8 Å². The summed E-state index contributed by atoms with van der Waals surface area (Å²) in [5.74, 6) is 2.57. The number of anilines is 1. The first-order chi connectivity index (χ1) is 15.8. The molecule has 4 nitrogen and oxygen atoms in total. The van der Waals surface area contributed by atoms with E-state index in [-0.39, 0.29) is 12.0 Å². The van der Waals surface area contributed by atoms with Crippen LogP contribution in [-0.2, 0) is 4.79 Å². The third-order valence-corrected chi connectivity index (χ3v) is 9.86. The van der Waals surface area contributed by atoms with Gasteiger partial charge in [-0.2, -0.15) is 0 Å². The van der Waals surface area contributed by atoms with E-state index in [1.807, 2.05) is 6.08 Å². The number of allylic oxidation sites excluding steroid dienone is 1. The van der Waals surface area contributed by atoms with Gasteiger partial charge < -0.3 is 15.1 Å². The van der Waals surface area contributed by atoms with Crippen molar-refractivity contribution in [2.75, 3.05) is 25.6 Å². The Bertz CT molecular complexity index is 994. The third-order valence-electron chi connectivity index (χ3n) is 9.86. The average Bonchev–Trinajstić information content (AvgIpc) is 3.08. The van der Waals surface area contributed by atoms with Crippen LogP contribution in [0.15, 0.2) is 42.0 Å². The number of ketones is 1. The number of hydrogen-bond donors (Lipinski definition) is 2. The van der Waals surface area contributed by atoms with Gasteiger partial charge in [-0.3, -0.25) is 4.79 Å². The summed E-state index contributed by atoms with van der Waals surface area (Å²) in [6.07, 6.45) is 11.4. The number of carbonyl (C=O) groups is 1. The minimum Gasteiger partial charge on any atom is -0.392 e. The number of hydrogen-bond acceptors (Lipinski definition) is 4. The lowest BCUT2D eigenvalue weighted by atomic mass is 9.50. The summed E-state index contributed by atoms with van der Waals surface area (Å²) < 4.78 is 0. The predicted molar refractivity (Wildman–Crippen MR) is 133 cm³/mol. The summed E-state index contributed by atoms with van der Waals surface area (Å²) >= 11 is 0. The summed E-state index contributed by atoms with van der Waals surface area (Å²) in [7, 11) is 4.11. The van der Waals surface area contributed by atoms with Crippen molar-refractivity contribution in [1.29, 1.82) is 0 Å². The highest BCUT2D eigenvalue weighted by Crippen LogP contribution is 2.65. The molecule has 4 heteroatoms. The second-order valence-corrected chi connectivity index (χ2v) is 11.4. The molecule has 3 saturated carbocycles. The van der Waals surface area contributed by atoms with Crippen LogP contribution in [-0.4, -0.2) is 42.3 Å². The highest BCUT2D eigenvalue weighted by molar-refractivity contribution is 6.23. The van der Waals surface area contributed by atoms with Gasteiger partial charge >= 0.3 is 0 Å². The molecule has 3 fully saturated rings. The first kappa shape index (κ1) is 22.9. The van der Waals surface area contributed by atoms with Gasteiger partial charge in [0.1, 0.15) is 0 Å². The van der Waals surface area contributed by atoms with Crippen LogP contribution < -0.4 is 4.90 Å². The molecule has 178 valence electrons. The number of aliphatic hydroxyl groups is 2. The van der Waals surface area contributed by atoms with Crippen LogP contribution in [0.25, 0.3) is 5.57 Å². The molecule has 2 N–H and O–H groups in total. The minimum atomic E-state index is -0.806. The maximum Gasteiger partial charge on any atom is 0.163 e. The van der Waals surface area contributed by atoms with Crippen molar-refractivity contribution in [3.63, 3.8) is 0 Å². The number of Topliss-reactive ketones (excluding diaryl/α,β-unsaturated/α-hetero) is 1. The number of para-hydroxylation sites is 1. The smallest absolute Gasteiger partial charge is 0.163 e. The highest BCUT2D eigenvalue weighted by atomic mass is 16.3. The molecule has 0 aromatic heterocycles. The van der Waals surface area contributed by atoms with E-state index >= 15 is 0 Å². The van der Waals surface area contributed by atoms with E-state index in [2.05, 4.69) is 50.2 Å². The molecular weight excluding hydrogens is 410 g/mol. The van der Waals surface area contributed by atoms with Gasteiger partial charge in [-0.25, -0.2) is 0 Å². The third kappa shape index (κ3) is 3.44. The van der Waals surface area contributed by atoms with Crippen LogP contribution in [0, 0.1) is 29.1 Å². The summed E-state index contributed by atoms with van der Waals surface area (Å²) in [4.78, 5) is 15.4. The molecule has 33 heavy (non-hydrogen) atoms. The Morgan fingerprint density at radius 1 is 1.06 bits per heavy atom. The number of benzene rings is 1. The van der Waals surface area contributed by atoms with Crippen LogP contribution in [0.2, 0.25) is 0 Å². The Morgan fingerprint density at radius 3 is 2.61 bits per heavy atom. The summed E-state index contributed by atoms with van der Waals surface area (Å²) in [5, 5.41) is 20.8. The Kier molecular flexibility index (Phi) is 5.81. The van der Waals surface area contributed by atoms with Crippen LogP contribution >= 0.6 is 0 Å². The van der Waals surface area contributed by atoms with Gasteiger partial charge in [-0.05, 0) is 74.7 Å². The monoisotopic (exact) mass is 449 g/mol. The zero-order valence-electron chi connectivity index (χ0n) is 20.4. The molecule has 4 aliphatic carbocycles. The van der Waals surface area contributed by atoms with E-state index in [0.29, 0.717) is 35.9 Å². The Hall–Kier alpha value is -1.91. The molecule has 0 heterocycles. The summed E-state index contributed by atoms with van der Waals surface area (Å²) in [6, 6.07) is 8.37. The quantitative estimate of drug-likeness (QED) is 0.635. The van der Waals surface area contributed by atoms with Crippen molar-refractivity contribution >= 4 is 17.0 Å². The molecule has 0 amide bonds. The van der Waals surface area contributed by atoms with E-state index in [9.17, 15) is 15.0 Å². The molecule has 6 atom stereocenters. The van der Waals surface area contributed by atoms with Gasteiger partial charge in [0.2, 0.25) is 0 Å². The fourth-order valence-electron chi connectivity index (χ4n) is 8.26. The van der Waals surface area contributed by atoms with Gasteiger partial charge in [0.05, 0.1) is 12.2 Å². The van der Waals surface area contributed by atoms with Crippen molar-refractivity contribution in [3.8, 4) is 0 Å². The molecule has 0 spiro atoms. The van der Waals surface area contributed by atoms with Gasteiger partial charge in [0, 0.05) is 42.8 Å². The SMILES string of the molecule is CN(C)c1ccccc1C1=C2CC[C@@H]3[C@H](CC[C@@]4(C)[C@H]3CC[C@@]4(O)/C=C/CO)[C@H]2CCC1=O. The van der Waals surface area contributed by atoms with Crippen molar-refractivity contribution in [1.82, 2.24) is 0 Å². The van der Waals surface area contributed by atoms with Crippen molar-refractivity contribution in [3.05, 3.63) is 47.6 Å². The predicted octanol–water partition coefficient (Wildman–Crippen LogP) is 5.00. The molecular formula is C29H39NO3. The normalized spacial score (nSPS) is 38.3. The first-order valence-electron chi connectivity index (χ1n) is 12.8. The molecule has 0 aliphatic heterocycles. The average molecular weight is 450 g/mol. The Balaban J connectivity index is 1.50. The molecule has 0 saturated heterocycles. The fraction of sp³-hybridized carbons (Fsp3) is 0.621. The maximum atomic E-state index is 13.3. The summed E-state index contributed by atoms with van der Waals surface area (Å²) in [5.41, 5.74) is 3.74. The van der Waals surface area contributed by atoms with Crippen LogP contribution in [0.3, 0.4) is 0 Å². The van der Waals surface area contributed by atoms with Crippen molar-refractivity contribution in [2.24, 2.45) is 29.1 Å². The van der Waals surface area contributed by atoms with Crippen molar-refractivity contribution < 1.29 is 15.0 Å². The summed E-state index contributed by atoms with van der Waals surface area (Å²) in [6.45, 7) is 2.27. The second kappa shape index (κ2) is 8.39. The molecule has 0 unspecified atom stereocenters. The lowest BCUT2D eigenvalue weighted by Gasteiger charge is -2.55. The van der Waals surface area contributed by atoms with E-state index in [4.69, 9.17) is 0 Å². The zero-order chi connectivity index (χ0) is 23.4. The number of aliphatic hydroxyl groups excluding tert-OH is 1.